The van der Waals surface area contributed by atoms with Crippen molar-refractivity contribution < 1.29 is 13.2 Å². The quantitative estimate of drug-likeness (QED) is 0.311. The number of nitrogens with zero attached hydrogens (tertiary/aromatic N) is 2. The smallest absolute Gasteiger partial charge is 0.357 e. The van der Waals surface area contributed by atoms with E-state index >= 15 is 0 Å². The molecule has 2 rings (SSSR count). The zero-order chi connectivity index (χ0) is 19.0. The molecule has 2 N–H and O–H groups in total. The maximum Gasteiger partial charge on any atom is 0.434 e. The zero-order valence-corrected chi connectivity index (χ0v) is 18.4. The number of alkyl halides is 3. The highest BCUT2D eigenvalue weighted by atomic mass is 127. The summed E-state index contributed by atoms with van der Waals surface area (Å²) in [6.07, 6.45) is -3.49. The maximum atomic E-state index is 12.6. The van der Waals surface area contributed by atoms with E-state index in [1.165, 1.54) is 5.56 Å². The molecular formula is C18H24F3IN4S. The summed E-state index contributed by atoms with van der Waals surface area (Å²) in [6, 6.07) is 10.2. The van der Waals surface area contributed by atoms with Crippen LogP contribution in [-0.4, -0.2) is 24.0 Å². The van der Waals surface area contributed by atoms with Crippen LogP contribution in [-0.2, 0) is 12.7 Å². The van der Waals surface area contributed by atoms with Crippen molar-refractivity contribution >= 4 is 41.3 Å². The molecule has 0 aliphatic rings. The lowest BCUT2D eigenvalue weighted by Gasteiger charge is -2.15. The molecule has 0 aliphatic heterocycles. The van der Waals surface area contributed by atoms with E-state index in [0.29, 0.717) is 30.0 Å². The molecule has 1 aromatic carbocycles. The second-order valence-electron chi connectivity index (χ2n) is 5.85. The fourth-order valence-corrected chi connectivity index (χ4v) is 3.08. The van der Waals surface area contributed by atoms with Crippen molar-refractivity contribution in [1.82, 2.24) is 15.6 Å². The SMILES string of the molecule is CCNC(=NCc1nc(C(F)(F)F)cs1)NCCC(C)c1ccccc1.I. The van der Waals surface area contributed by atoms with Gasteiger partial charge in [0, 0.05) is 18.5 Å². The normalized spacial score (nSPS) is 13.0. The topological polar surface area (TPSA) is 49.3 Å². The van der Waals surface area contributed by atoms with Gasteiger partial charge in [0.1, 0.15) is 5.01 Å². The summed E-state index contributed by atoms with van der Waals surface area (Å²) < 4.78 is 37.8. The van der Waals surface area contributed by atoms with Gasteiger partial charge in [0.15, 0.2) is 11.7 Å². The monoisotopic (exact) mass is 512 g/mol. The molecular weight excluding hydrogens is 488 g/mol. The Morgan fingerprint density at radius 2 is 1.93 bits per heavy atom. The van der Waals surface area contributed by atoms with Gasteiger partial charge >= 0.3 is 6.18 Å². The Bertz CT molecular complexity index is 704. The summed E-state index contributed by atoms with van der Waals surface area (Å²) in [5.74, 6) is 0.983. The molecule has 9 heteroatoms. The number of aromatic nitrogens is 1. The Morgan fingerprint density at radius 3 is 2.52 bits per heavy atom. The second kappa shape index (κ2) is 11.5. The van der Waals surface area contributed by atoms with E-state index in [0.717, 1.165) is 23.1 Å². The lowest BCUT2D eigenvalue weighted by molar-refractivity contribution is -0.140. The largest absolute Gasteiger partial charge is 0.434 e. The van der Waals surface area contributed by atoms with Crippen LogP contribution in [0.15, 0.2) is 40.7 Å². The van der Waals surface area contributed by atoms with Gasteiger partial charge in [-0.05, 0) is 24.8 Å². The number of nitrogens with one attached hydrogen (secondary N) is 2. The summed E-state index contributed by atoms with van der Waals surface area (Å²) >= 11 is 0.969. The Morgan fingerprint density at radius 1 is 1.22 bits per heavy atom. The number of aliphatic imine (C=N–C) groups is 1. The van der Waals surface area contributed by atoms with Gasteiger partial charge in [-0.2, -0.15) is 13.2 Å². The first-order chi connectivity index (χ1) is 12.4. The van der Waals surface area contributed by atoms with Crippen molar-refractivity contribution in [2.45, 2.75) is 38.9 Å². The van der Waals surface area contributed by atoms with Gasteiger partial charge in [0.2, 0.25) is 0 Å². The van der Waals surface area contributed by atoms with Gasteiger partial charge in [0.25, 0.3) is 0 Å². The van der Waals surface area contributed by atoms with Crippen molar-refractivity contribution in [1.29, 1.82) is 0 Å². The number of hydrogen-bond donors (Lipinski definition) is 2. The van der Waals surface area contributed by atoms with E-state index in [2.05, 4.69) is 39.7 Å². The first-order valence-electron chi connectivity index (χ1n) is 8.49. The van der Waals surface area contributed by atoms with Crippen LogP contribution in [0.3, 0.4) is 0 Å². The molecule has 150 valence electrons. The molecule has 0 spiro atoms. The molecule has 27 heavy (non-hydrogen) atoms. The Balaban J connectivity index is 0.00000364. The number of halogens is 4. The Hall–Kier alpha value is -1.36. The highest BCUT2D eigenvalue weighted by molar-refractivity contribution is 14.0. The minimum atomic E-state index is -4.41. The Labute approximate surface area is 178 Å². The van der Waals surface area contributed by atoms with Crippen molar-refractivity contribution in [3.63, 3.8) is 0 Å². The summed E-state index contributed by atoms with van der Waals surface area (Å²) in [4.78, 5) is 7.92. The maximum absolute atomic E-state index is 12.6. The molecule has 0 fully saturated rings. The highest BCUT2D eigenvalue weighted by Crippen LogP contribution is 2.30. The average molecular weight is 512 g/mol. The van der Waals surface area contributed by atoms with E-state index in [-0.39, 0.29) is 30.5 Å². The van der Waals surface area contributed by atoms with Crippen LogP contribution in [0, 0.1) is 0 Å². The summed E-state index contributed by atoms with van der Waals surface area (Å²) in [6.45, 7) is 5.61. The number of benzene rings is 1. The van der Waals surface area contributed by atoms with Crippen LogP contribution in [0.5, 0.6) is 0 Å². The van der Waals surface area contributed by atoms with E-state index in [4.69, 9.17) is 0 Å². The third-order valence-electron chi connectivity index (χ3n) is 3.80. The van der Waals surface area contributed by atoms with Crippen LogP contribution in [0.25, 0.3) is 0 Å². The van der Waals surface area contributed by atoms with E-state index in [1.807, 2.05) is 25.1 Å². The minimum Gasteiger partial charge on any atom is -0.357 e. The Kier molecular flexibility index (Phi) is 10.1. The first kappa shape index (κ1) is 23.7. The molecule has 0 saturated heterocycles. The lowest BCUT2D eigenvalue weighted by atomic mass is 9.98. The van der Waals surface area contributed by atoms with Gasteiger partial charge in [-0.3, -0.25) is 0 Å². The first-order valence-corrected chi connectivity index (χ1v) is 9.36. The van der Waals surface area contributed by atoms with Gasteiger partial charge in [-0.1, -0.05) is 37.3 Å². The predicted octanol–water partition coefficient (Wildman–Crippen LogP) is 5.03. The molecule has 2 aromatic rings. The molecule has 4 nitrogen and oxygen atoms in total. The molecule has 1 atom stereocenters. The number of guanidine groups is 1. The molecule has 0 aliphatic carbocycles. The van der Waals surface area contributed by atoms with Crippen LogP contribution < -0.4 is 10.6 Å². The van der Waals surface area contributed by atoms with E-state index < -0.39 is 11.9 Å². The van der Waals surface area contributed by atoms with Crippen molar-refractivity contribution in [2.75, 3.05) is 13.1 Å². The number of thiazole rings is 1. The zero-order valence-electron chi connectivity index (χ0n) is 15.2. The molecule has 1 heterocycles. The molecule has 0 bridgehead atoms. The van der Waals surface area contributed by atoms with Gasteiger partial charge in [-0.25, -0.2) is 9.98 Å². The second-order valence-corrected chi connectivity index (χ2v) is 6.79. The van der Waals surface area contributed by atoms with Crippen LogP contribution in [0.2, 0.25) is 0 Å². The number of hydrogen-bond acceptors (Lipinski definition) is 3. The fourth-order valence-electron chi connectivity index (χ4n) is 2.36. The van der Waals surface area contributed by atoms with Gasteiger partial charge in [-0.15, -0.1) is 35.3 Å². The lowest BCUT2D eigenvalue weighted by Crippen LogP contribution is -2.38. The van der Waals surface area contributed by atoms with E-state index in [9.17, 15) is 13.2 Å². The van der Waals surface area contributed by atoms with Gasteiger partial charge in [0.05, 0.1) is 6.54 Å². The minimum absolute atomic E-state index is 0. The molecule has 0 amide bonds. The molecule has 1 unspecified atom stereocenters. The molecule has 0 radical (unpaired) electrons. The van der Waals surface area contributed by atoms with E-state index in [1.54, 1.807) is 0 Å². The average Bonchev–Trinajstić information content (AvgIpc) is 3.10. The predicted molar refractivity (Wildman–Crippen MR) is 115 cm³/mol. The van der Waals surface area contributed by atoms with Crippen LogP contribution in [0.4, 0.5) is 13.2 Å². The van der Waals surface area contributed by atoms with Crippen molar-refractivity contribution in [3.8, 4) is 0 Å². The summed E-state index contributed by atoms with van der Waals surface area (Å²) in [5.41, 5.74) is 0.418. The highest BCUT2D eigenvalue weighted by Gasteiger charge is 2.33. The van der Waals surface area contributed by atoms with Crippen molar-refractivity contribution in [3.05, 3.63) is 52.0 Å². The molecule has 0 saturated carbocycles. The van der Waals surface area contributed by atoms with Crippen LogP contribution in [0.1, 0.15) is 42.5 Å². The molecule has 1 aromatic heterocycles. The number of rotatable bonds is 7. The van der Waals surface area contributed by atoms with Gasteiger partial charge < -0.3 is 10.6 Å². The van der Waals surface area contributed by atoms with Crippen molar-refractivity contribution in [2.24, 2.45) is 4.99 Å². The standard InChI is InChI=1S/C18H23F3N4S.HI/c1-3-22-17(23-10-9-13(2)14-7-5-4-6-8-14)24-11-16-25-15(12-26-16)18(19,20)21;/h4-8,12-13H,3,9-11H2,1-2H3,(H2,22,23,24);1H. The van der Waals surface area contributed by atoms with Crippen LogP contribution >= 0.6 is 35.3 Å². The summed E-state index contributed by atoms with van der Waals surface area (Å²) in [7, 11) is 0. The fraction of sp³-hybridized carbons (Fsp3) is 0.444. The third kappa shape index (κ3) is 8.04. The third-order valence-corrected chi connectivity index (χ3v) is 4.63. The summed E-state index contributed by atoms with van der Waals surface area (Å²) in [5, 5.41) is 7.68.